The molecule has 0 bridgehead atoms. The lowest BCUT2D eigenvalue weighted by Crippen LogP contribution is -2.16. The van der Waals surface area contributed by atoms with E-state index >= 15 is 0 Å². The highest BCUT2D eigenvalue weighted by molar-refractivity contribution is 7.09. The number of carbonyl (C=O) groups excluding carboxylic acids is 1. The molecule has 7 heteroatoms. The van der Waals surface area contributed by atoms with Crippen molar-refractivity contribution in [1.82, 2.24) is 9.36 Å². The Kier molecular flexibility index (Phi) is 2.91. The van der Waals surface area contributed by atoms with Gasteiger partial charge in [-0.05, 0) is 0 Å². The standard InChI is InChI=1S/C6H8N4O2S/c1-2-3(11)4(9-12)5-8-6(7)13-10-5/h12H,2H2,1H3,(H2,7,8,10)/b9-4+. The van der Waals surface area contributed by atoms with Crippen molar-refractivity contribution in [3.63, 3.8) is 0 Å². The molecule has 0 spiro atoms. The van der Waals surface area contributed by atoms with Gasteiger partial charge in [-0.15, -0.1) is 0 Å². The van der Waals surface area contributed by atoms with Crippen molar-refractivity contribution in [2.24, 2.45) is 5.16 Å². The summed E-state index contributed by atoms with van der Waals surface area (Å²) in [6.07, 6.45) is 0.235. The zero-order valence-corrected chi connectivity index (χ0v) is 7.71. The summed E-state index contributed by atoms with van der Waals surface area (Å²) in [7, 11) is 0. The lowest BCUT2D eigenvalue weighted by Gasteiger charge is -1.93. The molecule has 0 amide bonds. The minimum absolute atomic E-state index is 0.0804. The highest BCUT2D eigenvalue weighted by Gasteiger charge is 2.17. The predicted octanol–water partition coefficient (Wildman–Crippen LogP) is 0.278. The number of nitrogens with two attached hydrogens (primary N) is 1. The van der Waals surface area contributed by atoms with E-state index in [2.05, 4.69) is 14.5 Å². The Bertz CT molecular complexity index is 346. The number of nitrogens with zero attached hydrogens (tertiary/aromatic N) is 3. The fourth-order valence-electron chi connectivity index (χ4n) is 0.724. The minimum atomic E-state index is -0.319. The lowest BCUT2D eigenvalue weighted by molar-refractivity contribution is -0.112. The van der Waals surface area contributed by atoms with Gasteiger partial charge in [-0.2, -0.15) is 9.36 Å². The second-order valence-electron chi connectivity index (χ2n) is 2.18. The average molecular weight is 200 g/mol. The molecule has 6 nitrogen and oxygen atoms in total. The Morgan fingerprint density at radius 3 is 2.85 bits per heavy atom. The third-order valence-corrected chi connectivity index (χ3v) is 1.88. The highest BCUT2D eigenvalue weighted by atomic mass is 32.1. The third-order valence-electron chi connectivity index (χ3n) is 1.34. The lowest BCUT2D eigenvalue weighted by atomic mass is 10.2. The van der Waals surface area contributed by atoms with E-state index in [4.69, 9.17) is 10.9 Å². The Balaban J connectivity index is 2.99. The first kappa shape index (κ1) is 9.59. The first-order chi connectivity index (χ1) is 6.19. The molecular formula is C6H8N4O2S. The number of hydrogen-bond donors (Lipinski definition) is 2. The SMILES string of the molecule is CCC(=O)/C(=N\O)c1nsc(N)n1. The van der Waals surface area contributed by atoms with Crippen LogP contribution >= 0.6 is 11.5 Å². The van der Waals surface area contributed by atoms with Crippen LogP contribution in [0.4, 0.5) is 5.13 Å². The summed E-state index contributed by atoms with van der Waals surface area (Å²) in [5.41, 5.74) is 5.17. The van der Waals surface area contributed by atoms with Gasteiger partial charge in [-0.1, -0.05) is 12.1 Å². The largest absolute Gasteiger partial charge is 0.410 e. The Hall–Kier alpha value is -1.50. The van der Waals surface area contributed by atoms with Gasteiger partial charge in [0.05, 0.1) is 0 Å². The number of aromatic nitrogens is 2. The molecule has 1 heterocycles. The fourth-order valence-corrected chi connectivity index (χ4v) is 1.16. The third kappa shape index (κ3) is 2.00. The molecule has 1 rings (SSSR count). The van der Waals surface area contributed by atoms with Crippen LogP contribution in [0.3, 0.4) is 0 Å². The van der Waals surface area contributed by atoms with E-state index in [1.165, 1.54) is 0 Å². The molecular weight excluding hydrogens is 192 g/mol. The molecule has 0 unspecified atom stereocenters. The maximum atomic E-state index is 11.1. The van der Waals surface area contributed by atoms with Crippen LogP contribution in [-0.2, 0) is 4.79 Å². The second kappa shape index (κ2) is 3.94. The van der Waals surface area contributed by atoms with Crippen LogP contribution in [0.2, 0.25) is 0 Å². The molecule has 1 aromatic rings. The van der Waals surface area contributed by atoms with Crippen LogP contribution in [0.5, 0.6) is 0 Å². The molecule has 3 N–H and O–H groups in total. The van der Waals surface area contributed by atoms with Gasteiger partial charge in [0.25, 0.3) is 0 Å². The molecule has 13 heavy (non-hydrogen) atoms. The van der Waals surface area contributed by atoms with Crippen molar-refractivity contribution >= 4 is 28.2 Å². The molecule has 0 saturated carbocycles. The first-order valence-corrected chi connectivity index (χ1v) is 4.31. The van der Waals surface area contributed by atoms with E-state index in [9.17, 15) is 4.79 Å². The summed E-state index contributed by atoms with van der Waals surface area (Å²) < 4.78 is 3.75. The quantitative estimate of drug-likeness (QED) is 0.414. The van der Waals surface area contributed by atoms with Crippen molar-refractivity contribution in [1.29, 1.82) is 0 Å². The van der Waals surface area contributed by atoms with Crippen LogP contribution in [0.15, 0.2) is 5.16 Å². The van der Waals surface area contributed by atoms with Gasteiger partial charge in [-0.3, -0.25) is 4.79 Å². The van der Waals surface area contributed by atoms with E-state index in [-0.39, 0.29) is 28.9 Å². The summed E-state index contributed by atoms with van der Waals surface area (Å²) in [6, 6.07) is 0. The molecule has 0 saturated heterocycles. The molecule has 1 aromatic heterocycles. The summed E-state index contributed by atoms with van der Waals surface area (Å²) in [6.45, 7) is 1.66. The van der Waals surface area contributed by atoms with Crippen LogP contribution in [-0.4, -0.2) is 26.1 Å². The summed E-state index contributed by atoms with van der Waals surface area (Å²) in [5.74, 6) is -0.239. The van der Waals surface area contributed by atoms with Gasteiger partial charge in [-0.25, -0.2) is 0 Å². The predicted molar refractivity (Wildman–Crippen MR) is 47.9 cm³/mol. The Morgan fingerprint density at radius 2 is 2.46 bits per heavy atom. The fraction of sp³-hybridized carbons (Fsp3) is 0.333. The maximum absolute atomic E-state index is 11.1. The number of nitrogen functional groups attached to an aromatic ring is 1. The van der Waals surface area contributed by atoms with Crippen molar-refractivity contribution in [3.05, 3.63) is 5.82 Å². The molecule has 0 fully saturated rings. The molecule has 0 atom stereocenters. The summed E-state index contributed by atoms with van der Waals surface area (Å²) in [5, 5.41) is 11.6. The number of ketones is 1. The smallest absolute Gasteiger partial charge is 0.200 e. The van der Waals surface area contributed by atoms with E-state index in [0.717, 1.165) is 11.5 Å². The molecule has 70 valence electrons. The average Bonchev–Trinajstić information content (AvgIpc) is 2.53. The Labute approximate surface area is 78.3 Å². The van der Waals surface area contributed by atoms with Gasteiger partial charge >= 0.3 is 0 Å². The van der Waals surface area contributed by atoms with Gasteiger partial charge in [0, 0.05) is 18.0 Å². The van der Waals surface area contributed by atoms with Crippen LogP contribution < -0.4 is 5.73 Å². The van der Waals surface area contributed by atoms with Crippen LogP contribution in [0.1, 0.15) is 19.2 Å². The van der Waals surface area contributed by atoms with Crippen molar-refractivity contribution in [2.75, 3.05) is 5.73 Å². The summed E-state index contributed by atoms with van der Waals surface area (Å²) in [4.78, 5) is 14.9. The zero-order chi connectivity index (χ0) is 9.84. The highest BCUT2D eigenvalue weighted by Crippen LogP contribution is 2.07. The number of anilines is 1. The van der Waals surface area contributed by atoms with Crippen molar-refractivity contribution in [2.45, 2.75) is 13.3 Å². The van der Waals surface area contributed by atoms with Crippen molar-refractivity contribution < 1.29 is 10.0 Å². The van der Waals surface area contributed by atoms with Crippen LogP contribution in [0.25, 0.3) is 0 Å². The zero-order valence-electron chi connectivity index (χ0n) is 6.89. The van der Waals surface area contributed by atoms with Gasteiger partial charge < -0.3 is 10.9 Å². The van der Waals surface area contributed by atoms with Gasteiger partial charge in [0.2, 0.25) is 5.82 Å². The first-order valence-electron chi connectivity index (χ1n) is 3.53. The van der Waals surface area contributed by atoms with Gasteiger partial charge in [0.15, 0.2) is 16.6 Å². The second-order valence-corrected chi connectivity index (χ2v) is 2.96. The number of rotatable bonds is 3. The van der Waals surface area contributed by atoms with Gasteiger partial charge in [0.1, 0.15) is 0 Å². The Morgan fingerprint density at radius 1 is 1.77 bits per heavy atom. The molecule has 0 radical (unpaired) electrons. The van der Waals surface area contributed by atoms with Crippen LogP contribution in [0, 0.1) is 0 Å². The molecule has 0 aromatic carbocycles. The number of hydrogen-bond acceptors (Lipinski definition) is 7. The number of Topliss-reactive ketones (excluding diaryl/α,β-unsaturated/α-hetero) is 1. The number of oxime groups is 1. The number of carbonyl (C=O) groups is 1. The summed E-state index contributed by atoms with van der Waals surface area (Å²) >= 11 is 0.948. The van der Waals surface area contributed by atoms with E-state index < -0.39 is 0 Å². The molecule has 0 aliphatic rings. The topological polar surface area (TPSA) is 101 Å². The monoisotopic (exact) mass is 200 g/mol. The molecule has 0 aliphatic carbocycles. The maximum Gasteiger partial charge on any atom is 0.200 e. The normalized spacial score (nSPS) is 11.6. The van der Waals surface area contributed by atoms with E-state index in [1.54, 1.807) is 6.92 Å². The minimum Gasteiger partial charge on any atom is -0.410 e. The van der Waals surface area contributed by atoms with Crippen molar-refractivity contribution in [3.8, 4) is 0 Å². The molecule has 0 aliphatic heterocycles. The van der Waals surface area contributed by atoms with E-state index in [0.29, 0.717) is 0 Å². The van der Waals surface area contributed by atoms with E-state index in [1.807, 2.05) is 0 Å².